The number of hydrogen-bond acceptors (Lipinski definition) is 2. The molecular formula is C11H20N2O. The maximum Gasteiger partial charge on any atom is 0.236 e. The van der Waals surface area contributed by atoms with Gasteiger partial charge in [0.1, 0.15) is 0 Å². The molecule has 2 aliphatic carbocycles. The molecule has 1 atom stereocenters. The summed E-state index contributed by atoms with van der Waals surface area (Å²) in [4.78, 5) is 11.5. The number of nitrogens with two attached hydrogens (primary N) is 1. The summed E-state index contributed by atoms with van der Waals surface area (Å²) in [5.74, 6) is 0.931. The van der Waals surface area contributed by atoms with E-state index in [1.807, 2.05) is 6.92 Å². The fourth-order valence-corrected chi connectivity index (χ4v) is 2.17. The van der Waals surface area contributed by atoms with E-state index in [0.29, 0.717) is 5.41 Å². The minimum absolute atomic E-state index is 0.0272. The van der Waals surface area contributed by atoms with E-state index >= 15 is 0 Å². The minimum Gasteiger partial charge on any atom is -0.354 e. The van der Waals surface area contributed by atoms with Crippen molar-refractivity contribution in [2.24, 2.45) is 17.1 Å². The Labute approximate surface area is 85.4 Å². The molecule has 0 aromatic heterocycles. The molecule has 3 N–H and O–H groups in total. The summed E-state index contributed by atoms with van der Waals surface area (Å²) in [6.07, 6.45) is 6.08. The van der Waals surface area contributed by atoms with E-state index in [2.05, 4.69) is 5.32 Å². The fourth-order valence-electron chi connectivity index (χ4n) is 2.17. The zero-order valence-electron chi connectivity index (χ0n) is 8.88. The van der Waals surface area contributed by atoms with Crippen molar-refractivity contribution in [1.82, 2.24) is 5.32 Å². The molecule has 2 aliphatic rings. The third kappa shape index (κ3) is 1.92. The Morgan fingerprint density at radius 1 is 1.57 bits per heavy atom. The molecule has 0 aromatic rings. The van der Waals surface area contributed by atoms with Gasteiger partial charge in [0, 0.05) is 6.54 Å². The average molecular weight is 196 g/mol. The summed E-state index contributed by atoms with van der Waals surface area (Å²) in [5.41, 5.74) is 6.14. The number of carbonyl (C=O) groups excluding carboxylic acids is 1. The van der Waals surface area contributed by atoms with Gasteiger partial charge in [0.05, 0.1) is 6.04 Å². The van der Waals surface area contributed by atoms with Gasteiger partial charge in [-0.15, -0.1) is 0 Å². The standard InChI is InChI=1S/C11H20N2O/c1-2-9(12)10(14)13-7-11(5-6-11)8-3-4-8/h8-9H,2-7,12H2,1H3,(H,13,14)/t9-/m0/s1. The van der Waals surface area contributed by atoms with Crippen molar-refractivity contribution in [3.8, 4) is 0 Å². The Morgan fingerprint density at radius 3 is 2.64 bits per heavy atom. The van der Waals surface area contributed by atoms with Gasteiger partial charge >= 0.3 is 0 Å². The van der Waals surface area contributed by atoms with Crippen LogP contribution in [0, 0.1) is 11.3 Å². The third-order valence-corrected chi connectivity index (χ3v) is 3.73. The molecule has 0 radical (unpaired) electrons. The van der Waals surface area contributed by atoms with Crippen molar-refractivity contribution in [2.75, 3.05) is 6.54 Å². The molecule has 1 amide bonds. The second-order valence-electron chi connectivity index (χ2n) is 4.87. The molecule has 3 heteroatoms. The number of carbonyl (C=O) groups is 1. The van der Waals surface area contributed by atoms with Gasteiger partial charge in [-0.1, -0.05) is 6.92 Å². The zero-order valence-corrected chi connectivity index (χ0v) is 8.88. The maximum atomic E-state index is 11.5. The van der Waals surface area contributed by atoms with Gasteiger partial charge in [-0.3, -0.25) is 4.79 Å². The predicted molar refractivity (Wildman–Crippen MR) is 55.7 cm³/mol. The van der Waals surface area contributed by atoms with Crippen LogP contribution in [-0.2, 0) is 4.79 Å². The van der Waals surface area contributed by atoms with Crippen LogP contribution in [0.1, 0.15) is 39.0 Å². The summed E-state index contributed by atoms with van der Waals surface area (Å²) < 4.78 is 0. The predicted octanol–water partition coefficient (Wildman–Crippen LogP) is 1.03. The molecule has 2 fully saturated rings. The van der Waals surface area contributed by atoms with Crippen molar-refractivity contribution in [2.45, 2.75) is 45.1 Å². The molecule has 0 saturated heterocycles. The van der Waals surface area contributed by atoms with Gasteiger partial charge in [-0.05, 0) is 43.4 Å². The van der Waals surface area contributed by atoms with E-state index in [4.69, 9.17) is 5.73 Å². The van der Waals surface area contributed by atoms with Crippen molar-refractivity contribution < 1.29 is 4.79 Å². The number of nitrogens with one attached hydrogen (secondary N) is 1. The molecule has 0 bridgehead atoms. The van der Waals surface area contributed by atoms with Gasteiger partial charge in [0.15, 0.2) is 0 Å². The lowest BCUT2D eigenvalue weighted by atomic mass is 10.0. The second-order valence-corrected chi connectivity index (χ2v) is 4.87. The van der Waals surface area contributed by atoms with Crippen molar-refractivity contribution in [3.05, 3.63) is 0 Å². The molecule has 0 aromatic carbocycles. The van der Waals surface area contributed by atoms with Gasteiger partial charge in [0.25, 0.3) is 0 Å². The van der Waals surface area contributed by atoms with Crippen molar-refractivity contribution >= 4 is 5.91 Å². The van der Waals surface area contributed by atoms with E-state index in [1.54, 1.807) is 0 Å². The lowest BCUT2D eigenvalue weighted by molar-refractivity contribution is -0.122. The van der Waals surface area contributed by atoms with Gasteiger partial charge < -0.3 is 11.1 Å². The topological polar surface area (TPSA) is 55.1 Å². The Morgan fingerprint density at radius 2 is 2.21 bits per heavy atom. The summed E-state index contributed by atoms with van der Waals surface area (Å²) >= 11 is 0. The van der Waals surface area contributed by atoms with Crippen LogP contribution in [0.25, 0.3) is 0 Å². The third-order valence-electron chi connectivity index (χ3n) is 3.73. The van der Waals surface area contributed by atoms with Crippen LogP contribution in [-0.4, -0.2) is 18.5 Å². The number of rotatable bonds is 5. The summed E-state index contributed by atoms with van der Waals surface area (Å²) in [6, 6.07) is -0.315. The molecule has 0 spiro atoms. The summed E-state index contributed by atoms with van der Waals surface area (Å²) in [6.45, 7) is 2.81. The zero-order chi connectivity index (χ0) is 10.2. The van der Waals surface area contributed by atoms with Crippen LogP contribution in [0.15, 0.2) is 0 Å². The molecule has 2 saturated carbocycles. The highest BCUT2D eigenvalue weighted by Gasteiger charge is 2.53. The number of amides is 1. The minimum atomic E-state index is -0.315. The first-order valence-corrected chi connectivity index (χ1v) is 5.71. The van der Waals surface area contributed by atoms with Crippen LogP contribution in [0.2, 0.25) is 0 Å². The summed E-state index contributed by atoms with van der Waals surface area (Å²) in [5, 5.41) is 2.99. The molecule has 0 heterocycles. The SMILES string of the molecule is CC[C@H](N)C(=O)NCC1(C2CC2)CC1. The normalized spacial score (nSPS) is 25.6. The van der Waals surface area contributed by atoms with Crippen LogP contribution in [0.3, 0.4) is 0 Å². The maximum absolute atomic E-state index is 11.5. The Balaban J connectivity index is 1.74. The van der Waals surface area contributed by atoms with Crippen LogP contribution >= 0.6 is 0 Å². The van der Waals surface area contributed by atoms with E-state index in [9.17, 15) is 4.79 Å². The van der Waals surface area contributed by atoms with E-state index in [-0.39, 0.29) is 11.9 Å². The fraction of sp³-hybridized carbons (Fsp3) is 0.909. The quantitative estimate of drug-likeness (QED) is 0.690. The highest BCUT2D eigenvalue weighted by atomic mass is 16.2. The van der Waals surface area contributed by atoms with Gasteiger partial charge in [-0.2, -0.15) is 0 Å². The van der Waals surface area contributed by atoms with Crippen molar-refractivity contribution in [1.29, 1.82) is 0 Å². The molecule has 0 unspecified atom stereocenters. The van der Waals surface area contributed by atoms with Crippen LogP contribution < -0.4 is 11.1 Å². The molecule has 3 nitrogen and oxygen atoms in total. The lowest BCUT2D eigenvalue weighted by Gasteiger charge is -2.16. The Bertz CT molecular complexity index is 231. The monoisotopic (exact) mass is 196 g/mol. The first-order valence-electron chi connectivity index (χ1n) is 5.71. The molecular weight excluding hydrogens is 176 g/mol. The average Bonchev–Trinajstić information content (AvgIpc) is 3.03. The highest BCUT2D eigenvalue weighted by Crippen LogP contribution is 2.60. The number of hydrogen-bond donors (Lipinski definition) is 2. The molecule has 80 valence electrons. The summed E-state index contributed by atoms with van der Waals surface area (Å²) in [7, 11) is 0. The van der Waals surface area contributed by atoms with E-state index < -0.39 is 0 Å². The smallest absolute Gasteiger partial charge is 0.236 e. The first kappa shape index (κ1) is 9.97. The van der Waals surface area contributed by atoms with Gasteiger partial charge in [-0.25, -0.2) is 0 Å². The lowest BCUT2D eigenvalue weighted by Crippen LogP contribution is -2.42. The second kappa shape index (κ2) is 3.54. The molecule has 14 heavy (non-hydrogen) atoms. The van der Waals surface area contributed by atoms with E-state index in [0.717, 1.165) is 18.9 Å². The Kier molecular flexibility index (Phi) is 2.52. The largest absolute Gasteiger partial charge is 0.354 e. The van der Waals surface area contributed by atoms with Crippen molar-refractivity contribution in [3.63, 3.8) is 0 Å². The van der Waals surface area contributed by atoms with Gasteiger partial charge in [0.2, 0.25) is 5.91 Å². The van der Waals surface area contributed by atoms with Crippen LogP contribution in [0.4, 0.5) is 0 Å². The van der Waals surface area contributed by atoms with Crippen LogP contribution in [0.5, 0.6) is 0 Å². The highest BCUT2D eigenvalue weighted by molar-refractivity contribution is 5.81. The Hall–Kier alpha value is -0.570. The van der Waals surface area contributed by atoms with E-state index in [1.165, 1.54) is 25.7 Å². The molecule has 0 aliphatic heterocycles. The first-order chi connectivity index (χ1) is 6.68. The molecule has 2 rings (SSSR count).